The summed E-state index contributed by atoms with van der Waals surface area (Å²) in [6, 6.07) is 65.4. The fourth-order valence-corrected chi connectivity index (χ4v) is 8.39. The van der Waals surface area contributed by atoms with Crippen molar-refractivity contribution in [3.8, 4) is 56.4 Å². The van der Waals surface area contributed by atoms with E-state index in [9.17, 15) is 0 Å². The molecule has 0 aliphatic heterocycles. The van der Waals surface area contributed by atoms with Crippen molar-refractivity contribution in [2.75, 3.05) is 0 Å². The lowest BCUT2D eigenvalue weighted by Gasteiger charge is -2.11. The summed E-state index contributed by atoms with van der Waals surface area (Å²) < 4.78 is 12.5. The van der Waals surface area contributed by atoms with E-state index in [-0.39, 0.29) is 0 Å². The molecule has 5 nitrogen and oxygen atoms in total. The van der Waals surface area contributed by atoms with Crippen LogP contribution in [0.15, 0.2) is 197 Å². The lowest BCUT2D eigenvalue weighted by molar-refractivity contribution is 0.668. The van der Waals surface area contributed by atoms with E-state index >= 15 is 0 Å². The Labute approximate surface area is 332 Å². The first-order valence-corrected chi connectivity index (χ1v) is 19.4. The number of aromatic nitrogens is 3. The molecule has 270 valence electrons. The number of benzene rings is 9. The molecular weight excluding hydrogens is 711 g/mol. The third-order valence-electron chi connectivity index (χ3n) is 11.3. The Morgan fingerprint density at radius 2 is 0.776 bits per heavy atom. The summed E-state index contributed by atoms with van der Waals surface area (Å²) in [5.41, 5.74) is 10.8. The monoisotopic (exact) mass is 741 g/mol. The van der Waals surface area contributed by atoms with Gasteiger partial charge in [-0.15, -0.1) is 0 Å². The molecule has 0 aliphatic carbocycles. The van der Waals surface area contributed by atoms with Gasteiger partial charge in [0.25, 0.3) is 0 Å². The minimum Gasteiger partial charge on any atom is -0.456 e. The topological polar surface area (TPSA) is 65.0 Å². The van der Waals surface area contributed by atoms with E-state index in [0.717, 1.165) is 93.4 Å². The third kappa shape index (κ3) is 5.36. The zero-order valence-electron chi connectivity index (χ0n) is 31.1. The van der Waals surface area contributed by atoms with E-state index in [0.29, 0.717) is 17.5 Å². The van der Waals surface area contributed by atoms with Crippen LogP contribution in [0.5, 0.6) is 0 Å². The molecule has 0 spiro atoms. The summed E-state index contributed by atoms with van der Waals surface area (Å²) >= 11 is 0. The Morgan fingerprint density at radius 3 is 1.55 bits per heavy atom. The van der Waals surface area contributed by atoms with E-state index in [1.54, 1.807) is 0 Å². The summed E-state index contributed by atoms with van der Waals surface area (Å²) in [6.07, 6.45) is 0. The third-order valence-corrected chi connectivity index (χ3v) is 11.3. The van der Waals surface area contributed by atoms with E-state index in [1.165, 1.54) is 10.9 Å². The molecule has 0 saturated heterocycles. The molecule has 0 saturated carbocycles. The Hall–Kier alpha value is -7.89. The molecule has 12 rings (SSSR count). The van der Waals surface area contributed by atoms with Gasteiger partial charge in [-0.05, 0) is 104 Å². The molecule has 0 fully saturated rings. The van der Waals surface area contributed by atoms with Crippen molar-refractivity contribution >= 4 is 65.4 Å². The van der Waals surface area contributed by atoms with Crippen LogP contribution in [0.25, 0.3) is 122 Å². The number of para-hydroxylation sites is 1. The molecule has 9 aromatic carbocycles. The van der Waals surface area contributed by atoms with Crippen LogP contribution in [-0.2, 0) is 0 Å². The molecule has 0 radical (unpaired) electrons. The lowest BCUT2D eigenvalue weighted by Crippen LogP contribution is -2.00. The van der Waals surface area contributed by atoms with Gasteiger partial charge < -0.3 is 8.83 Å². The standard InChI is InChI=1S/C53H31N3O2/c1-2-9-32(10-3-1)37-23-25-48-45(30-37)50-42(14-8-16-49(50)58-48)38-20-18-36-29-40(22-19-35(36)27-38)52-54-51(39-21-17-33-11-4-5-12-34(33)28-39)55-53(56-52)41-24-26-47-44(31-41)43-13-6-7-15-46(43)57-47/h1-31H. The SMILES string of the molecule is c1ccc(-c2ccc3oc4cccc(-c5ccc6cc(-c7nc(-c8ccc9ccccc9c8)nc(-c8ccc9oc%10ccccc%10c9c8)n7)ccc6c5)c4c3c2)cc1. The minimum absolute atomic E-state index is 0.603. The summed E-state index contributed by atoms with van der Waals surface area (Å²) in [5, 5.41) is 8.83. The largest absolute Gasteiger partial charge is 0.456 e. The highest BCUT2D eigenvalue weighted by molar-refractivity contribution is 6.14. The zero-order valence-corrected chi connectivity index (χ0v) is 31.1. The zero-order chi connectivity index (χ0) is 38.2. The maximum Gasteiger partial charge on any atom is 0.164 e. The van der Waals surface area contributed by atoms with Crippen molar-refractivity contribution in [3.05, 3.63) is 188 Å². The second-order valence-electron chi connectivity index (χ2n) is 14.8. The molecule has 0 unspecified atom stereocenters. The summed E-state index contributed by atoms with van der Waals surface area (Å²) in [6.45, 7) is 0. The highest BCUT2D eigenvalue weighted by Crippen LogP contribution is 2.40. The Bertz CT molecular complexity index is 3580. The van der Waals surface area contributed by atoms with Gasteiger partial charge in [-0.1, -0.05) is 127 Å². The summed E-state index contributed by atoms with van der Waals surface area (Å²) in [4.78, 5) is 15.3. The highest BCUT2D eigenvalue weighted by Gasteiger charge is 2.17. The Balaban J connectivity index is 0.979. The van der Waals surface area contributed by atoms with Crippen molar-refractivity contribution in [2.24, 2.45) is 0 Å². The molecule has 58 heavy (non-hydrogen) atoms. The minimum atomic E-state index is 0.603. The van der Waals surface area contributed by atoms with Gasteiger partial charge in [-0.3, -0.25) is 0 Å². The van der Waals surface area contributed by atoms with Crippen LogP contribution < -0.4 is 0 Å². The van der Waals surface area contributed by atoms with Crippen molar-refractivity contribution in [1.29, 1.82) is 0 Å². The molecule has 3 heterocycles. The van der Waals surface area contributed by atoms with Gasteiger partial charge in [-0.25, -0.2) is 15.0 Å². The first-order valence-electron chi connectivity index (χ1n) is 19.4. The average Bonchev–Trinajstić information content (AvgIpc) is 3.86. The van der Waals surface area contributed by atoms with Crippen molar-refractivity contribution < 1.29 is 8.83 Å². The van der Waals surface area contributed by atoms with Gasteiger partial charge in [0.05, 0.1) is 0 Å². The number of rotatable bonds is 5. The predicted molar refractivity (Wildman–Crippen MR) is 237 cm³/mol. The van der Waals surface area contributed by atoms with Crippen LogP contribution in [0, 0.1) is 0 Å². The first kappa shape index (κ1) is 32.4. The quantitative estimate of drug-likeness (QED) is 0.176. The second-order valence-corrected chi connectivity index (χ2v) is 14.8. The van der Waals surface area contributed by atoms with Crippen LogP contribution >= 0.6 is 0 Å². The van der Waals surface area contributed by atoms with Gasteiger partial charge in [0.15, 0.2) is 17.5 Å². The molecule has 0 N–H and O–H groups in total. The maximum absolute atomic E-state index is 6.37. The van der Waals surface area contributed by atoms with Gasteiger partial charge >= 0.3 is 0 Å². The van der Waals surface area contributed by atoms with E-state index in [2.05, 4.69) is 152 Å². The number of fused-ring (bicyclic) bond motifs is 8. The van der Waals surface area contributed by atoms with Crippen LogP contribution in [0.3, 0.4) is 0 Å². The molecule has 0 amide bonds. The molecule has 0 aliphatic rings. The Kier molecular flexibility index (Phi) is 7.16. The molecule has 3 aromatic heterocycles. The number of hydrogen-bond donors (Lipinski definition) is 0. The molecular formula is C53H31N3O2. The van der Waals surface area contributed by atoms with E-state index < -0.39 is 0 Å². The summed E-state index contributed by atoms with van der Waals surface area (Å²) in [5.74, 6) is 1.83. The lowest BCUT2D eigenvalue weighted by atomic mass is 9.95. The fourth-order valence-electron chi connectivity index (χ4n) is 8.39. The van der Waals surface area contributed by atoms with Crippen LogP contribution in [0.1, 0.15) is 0 Å². The smallest absolute Gasteiger partial charge is 0.164 e. The first-order chi connectivity index (χ1) is 28.7. The van der Waals surface area contributed by atoms with Crippen molar-refractivity contribution in [1.82, 2.24) is 15.0 Å². The highest BCUT2D eigenvalue weighted by atomic mass is 16.3. The summed E-state index contributed by atoms with van der Waals surface area (Å²) in [7, 11) is 0. The molecule has 0 bridgehead atoms. The molecule has 12 aromatic rings. The van der Waals surface area contributed by atoms with Gasteiger partial charge in [0.2, 0.25) is 0 Å². The van der Waals surface area contributed by atoms with Crippen molar-refractivity contribution in [3.63, 3.8) is 0 Å². The van der Waals surface area contributed by atoms with Crippen LogP contribution in [0.4, 0.5) is 0 Å². The molecule has 5 heteroatoms. The predicted octanol–water partition coefficient (Wildman–Crippen LogP) is 14.3. The average molecular weight is 742 g/mol. The number of furan rings is 2. The number of hydrogen-bond acceptors (Lipinski definition) is 5. The maximum atomic E-state index is 6.37. The number of nitrogens with zero attached hydrogens (tertiary/aromatic N) is 3. The van der Waals surface area contributed by atoms with Gasteiger partial charge in [-0.2, -0.15) is 0 Å². The van der Waals surface area contributed by atoms with E-state index in [1.807, 2.05) is 36.4 Å². The fraction of sp³-hybridized carbons (Fsp3) is 0. The van der Waals surface area contributed by atoms with Gasteiger partial charge in [0.1, 0.15) is 22.3 Å². The normalized spacial score (nSPS) is 11.8. The molecule has 0 atom stereocenters. The van der Waals surface area contributed by atoms with Crippen LogP contribution in [-0.4, -0.2) is 15.0 Å². The van der Waals surface area contributed by atoms with Gasteiger partial charge in [0, 0.05) is 38.2 Å². The van der Waals surface area contributed by atoms with E-state index in [4.69, 9.17) is 23.8 Å². The Morgan fingerprint density at radius 1 is 0.276 bits per heavy atom. The van der Waals surface area contributed by atoms with Crippen LogP contribution in [0.2, 0.25) is 0 Å². The second kappa shape index (κ2) is 12.8. The van der Waals surface area contributed by atoms with Crippen molar-refractivity contribution in [2.45, 2.75) is 0 Å².